The molecule has 0 spiro atoms. The number of hydrogen-bond acceptors (Lipinski definition) is 5. The van der Waals surface area contributed by atoms with Gasteiger partial charge in [-0.1, -0.05) is 18.2 Å². The predicted molar refractivity (Wildman–Crippen MR) is 102 cm³/mol. The fraction of sp³-hybridized carbons (Fsp3) is 0.273. The molecule has 27 heavy (non-hydrogen) atoms. The van der Waals surface area contributed by atoms with Crippen LogP contribution < -0.4 is 9.47 Å². The highest BCUT2D eigenvalue weighted by atomic mass is 16.5. The highest BCUT2D eigenvalue weighted by Crippen LogP contribution is 2.31. The van der Waals surface area contributed by atoms with Crippen molar-refractivity contribution in [3.63, 3.8) is 0 Å². The van der Waals surface area contributed by atoms with Crippen LogP contribution in [-0.4, -0.2) is 25.2 Å². The third-order valence-electron chi connectivity index (χ3n) is 4.97. The summed E-state index contributed by atoms with van der Waals surface area (Å²) in [6.45, 7) is 0.116. The van der Waals surface area contributed by atoms with Gasteiger partial charge in [0, 0.05) is 16.6 Å². The molecule has 0 unspecified atom stereocenters. The first-order valence-electron chi connectivity index (χ1n) is 8.99. The van der Waals surface area contributed by atoms with E-state index in [1.807, 2.05) is 42.5 Å². The Bertz CT molecular complexity index is 1010. The summed E-state index contributed by atoms with van der Waals surface area (Å²) >= 11 is 0. The van der Waals surface area contributed by atoms with E-state index >= 15 is 0 Å². The number of fused-ring (bicyclic) bond motifs is 2. The lowest BCUT2D eigenvalue weighted by atomic mass is 10.0. The maximum Gasteiger partial charge on any atom is 0.339 e. The molecule has 0 fully saturated rings. The van der Waals surface area contributed by atoms with Crippen molar-refractivity contribution in [2.24, 2.45) is 0 Å². The SMILES string of the molecule is COc1ccc(OC)c(COC(=O)c2c3c(nc4ccccc24)CCC3)c1. The third kappa shape index (κ3) is 3.21. The second kappa shape index (κ2) is 7.27. The average Bonchev–Trinajstić information content (AvgIpc) is 3.17. The minimum absolute atomic E-state index is 0.116. The van der Waals surface area contributed by atoms with Gasteiger partial charge in [0.15, 0.2) is 0 Å². The number of hydrogen-bond donors (Lipinski definition) is 0. The van der Waals surface area contributed by atoms with Gasteiger partial charge in [-0.05, 0) is 49.1 Å². The van der Waals surface area contributed by atoms with Gasteiger partial charge in [-0.2, -0.15) is 0 Å². The lowest BCUT2D eigenvalue weighted by Crippen LogP contribution is -2.11. The molecule has 0 bridgehead atoms. The summed E-state index contributed by atoms with van der Waals surface area (Å²) < 4.78 is 16.3. The number of carbonyl (C=O) groups is 1. The summed E-state index contributed by atoms with van der Waals surface area (Å²) in [5.41, 5.74) is 4.29. The molecule has 0 radical (unpaired) electrons. The lowest BCUT2D eigenvalue weighted by molar-refractivity contribution is 0.0471. The van der Waals surface area contributed by atoms with Crippen molar-refractivity contribution >= 4 is 16.9 Å². The van der Waals surface area contributed by atoms with E-state index in [1.54, 1.807) is 14.2 Å². The Morgan fingerprint density at radius 2 is 1.93 bits per heavy atom. The average molecular weight is 363 g/mol. The van der Waals surface area contributed by atoms with E-state index in [1.165, 1.54) is 0 Å². The van der Waals surface area contributed by atoms with Crippen LogP contribution in [0.3, 0.4) is 0 Å². The van der Waals surface area contributed by atoms with Crippen LogP contribution >= 0.6 is 0 Å². The zero-order valence-corrected chi connectivity index (χ0v) is 15.5. The number of aromatic nitrogens is 1. The quantitative estimate of drug-likeness (QED) is 0.639. The van der Waals surface area contributed by atoms with Crippen LogP contribution in [0.2, 0.25) is 0 Å². The van der Waals surface area contributed by atoms with Crippen molar-refractivity contribution in [2.75, 3.05) is 14.2 Å². The summed E-state index contributed by atoms with van der Waals surface area (Å²) in [5.74, 6) is 1.03. The first-order valence-corrected chi connectivity index (χ1v) is 8.99. The molecule has 0 saturated carbocycles. The molecular formula is C22H21NO4. The number of nitrogens with zero attached hydrogens (tertiary/aromatic N) is 1. The molecule has 3 aromatic rings. The van der Waals surface area contributed by atoms with Crippen LogP contribution in [0.15, 0.2) is 42.5 Å². The van der Waals surface area contributed by atoms with Crippen molar-refractivity contribution < 1.29 is 19.0 Å². The third-order valence-corrected chi connectivity index (χ3v) is 4.97. The van der Waals surface area contributed by atoms with Gasteiger partial charge < -0.3 is 14.2 Å². The number of rotatable bonds is 5. The number of benzene rings is 2. The smallest absolute Gasteiger partial charge is 0.339 e. The summed E-state index contributed by atoms with van der Waals surface area (Å²) in [6, 6.07) is 13.2. The van der Waals surface area contributed by atoms with Gasteiger partial charge in [-0.3, -0.25) is 4.98 Å². The Morgan fingerprint density at radius 3 is 2.74 bits per heavy atom. The van der Waals surface area contributed by atoms with E-state index in [0.717, 1.165) is 47.0 Å². The first kappa shape index (κ1) is 17.3. The van der Waals surface area contributed by atoms with E-state index in [2.05, 4.69) is 0 Å². The van der Waals surface area contributed by atoms with E-state index < -0.39 is 0 Å². The van der Waals surface area contributed by atoms with Crippen molar-refractivity contribution in [3.8, 4) is 11.5 Å². The highest BCUT2D eigenvalue weighted by Gasteiger charge is 2.25. The Labute approximate surface area is 157 Å². The molecular weight excluding hydrogens is 342 g/mol. The number of para-hydroxylation sites is 1. The number of methoxy groups -OCH3 is 2. The number of esters is 1. The number of aryl methyl sites for hydroxylation is 1. The van der Waals surface area contributed by atoms with Crippen LogP contribution in [0, 0.1) is 0 Å². The fourth-order valence-corrected chi connectivity index (χ4v) is 3.65. The minimum Gasteiger partial charge on any atom is -0.497 e. The Hall–Kier alpha value is -3.08. The van der Waals surface area contributed by atoms with Crippen LogP contribution in [-0.2, 0) is 24.2 Å². The van der Waals surface area contributed by atoms with E-state index in [4.69, 9.17) is 19.2 Å². The molecule has 5 heteroatoms. The second-order valence-corrected chi connectivity index (χ2v) is 6.54. The Balaban J connectivity index is 1.67. The van der Waals surface area contributed by atoms with Crippen molar-refractivity contribution in [1.82, 2.24) is 4.98 Å². The molecule has 0 atom stereocenters. The van der Waals surface area contributed by atoms with Gasteiger partial charge >= 0.3 is 5.97 Å². The fourth-order valence-electron chi connectivity index (χ4n) is 3.65. The maximum atomic E-state index is 13.0. The predicted octanol–water partition coefficient (Wildman–Crippen LogP) is 4.10. The normalized spacial score (nSPS) is 12.7. The number of carbonyl (C=O) groups excluding carboxylic acids is 1. The maximum absolute atomic E-state index is 13.0. The van der Waals surface area contributed by atoms with Gasteiger partial charge in [0.2, 0.25) is 0 Å². The Morgan fingerprint density at radius 1 is 1.07 bits per heavy atom. The molecule has 2 aromatic carbocycles. The minimum atomic E-state index is -0.323. The van der Waals surface area contributed by atoms with Gasteiger partial charge in [0.05, 0.1) is 25.3 Å². The van der Waals surface area contributed by atoms with Crippen LogP contribution in [0.25, 0.3) is 10.9 Å². The molecule has 0 N–H and O–H groups in total. The molecule has 1 aliphatic carbocycles. The van der Waals surface area contributed by atoms with E-state index in [0.29, 0.717) is 17.1 Å². The summed E-state index contributed by atoms with van der Waals surface area (Å²) in [5, 5.41) is 0.848. The van der Waals surface area contributed by atoms with Crippen LogP contribution in [0.1, 0.15) is 33.6 Å². The van der Waals surface area contributed by atoms with E-state index in [-0.39, 0.29) is 12.6 Å². The summed E-state index contributed by atoms with van der Waals surface area (Å²) in [7, 11) is 3.19. The van der Waals surface area contributed by atoms with Gasteiger partial charge in [0.1, 0.15) is 18.1 Å². The molecule has 1 aliphatic rings. The molecule has 1 heterocycles. The van der Waals surface area contributed by atoms with Crippen LogP contribution in [0.4, 0.5) is 0 Å². The molecule has 0 amide bonds. The number of pyridine rings is 1. The standard InChI is InChI=1S/C22H21NO4/c1-25-15-10-11-20(26-2)14(12-15)13-27-22(24)21-16-6-3-4-8-18(16)23-19-9-5-7-17(19)21/h3-4,6,8,10-12H,5,7,9,13H2,1-2H3. The highest BCUT2D eigenvalue weighted by molar-refractivity contribution is 6.05. The topological polar surface area (TPSA) is 57.7 Å². The van der Waals surface area contributed by atoms with Gasteiger partial charge in [-0.25, -0.2) is 4.79 Å². The summed E-state index contributed by atoms with van der Waals surface area (Å²) in [6.07, 6.45) is 2.78. The lowest BCUT2D eigenvalue weighted by Gasteiger charge is -2.14. The zero-order chi connectivity index (χ0) is 18.8. The van der Waals surface area contributed by atoms with Crippen molar-refractivity contribution in [3.05, 3.63) is 64.8 Å². The molecule has 1 aromatic heterocycles. The molecule has 138 valence electrons. The van der Waals surface area contributed by atoms with E-state index in [9.17, 15) is 4.79 Å². The monoisotopic (exact) mass is 363 g/mol. The second-order valence-electron chi connectivity index (χ2n) is 6.54. The summed E-state index contributed by atoms with van der Waals surface area (Å²) in [4.78, 5) is 17.7. The molecule has 5 nitrogen and oxygen atoms in total. The first-order chi connectivity index (χ1) is 13.2. The Kier molecular flexibility index (Phi) is 4.67. The van der Waals surface area contributed by atoms with Gasteiger partial charge in [0.25, 0.3) is 0 Å². The zero-order valence-electron chi connectivity index (χ0n) is 15.5. The number of ether oxygens (including phenoxy) is 3. The molecule has 4 rings (SSSR count). The van der Waals surface area contributed by atoms with Crippen molar-refractivity contribution in [1.29, 1.82) is 0 Å². The van der Waals surface area contributed by atoms with Crippen molar-refractivity contribution in [2.45, 2.75) is 25.9 Å². The molecule has 0 saturated heterocycles. The molecule has 0 aliphatic heterocycles. The largest absolute Gasteiger partial charge is 0.497 e. The van der Waals surface area contributed by atoms with Gasteiger partial charge in [-0.15, -0.1) is 0 Å². The van der Waals surface area contributed by atoms with Crippen LogP contribution in [0.5, 0.6) is 11.5 Å².